The van der Waals surface area contributed by atoms with Crippen LogP contribution in [-0.2, 0) is 10.8 Å². The maximum atomic E-state index is 2.58. The Kier molecular flexibility index (Phi) is 2.38. The lowest BCUT2D eigenvalue weighted by Crippen LogP contribution is -2.40. The molecule has 0 saturated heterocycles. The van der Waals surface area contributed by atoms with Crippen molar-refractivity contribution in [2.75, 3.05) is 0 Å². The molecule has 0 heteroatoms. The van der Waals surface area contributed by atoms with Crippen LogP contribution in [0.15, 0.2) is 96.1 Å². The zero-order valence-corrected chi connectivity index (χ0v) is 16.1. The van der Waals surface area contributed by atoms with E-state index in [0.29, 0.717) is 0 Å². The van der Waals surface area contributed by atoms with Crippen LogP contribution in [0.3, 0.4) is 0 Å². The molecule has 0 heterocycles. The first kappa shape index (κ1) is 14.9. The van der Waals surface area contributed by atoms with Crippen molar-refractivity contribution in [3.8, 4) is 0 Å². The molecule has 28 heavy (non-hydrogen) atoms. The Hall–Kier alpha value is -3.12. The van der Waals surface area contributed by atoms with E-state index in [1.165, 1.54) is 54.9 Å². The second-order valence-electron chi connectivity index (χ2n) is 8.51. The Bertz CT molecular complexity index is 1330. The lowest BCUT2D eigenvalue weighted by Gasteiger charge is -2.39. The van der Waals surface area contributed by atoms with E-state index in [4.69, 9.17) is 0 Å². The first-order chi connectivity index (χ1) is 13.7. The lowest BCUT2D eigenvalue weighted by molar-refractivity contribution is 0.502. The van der Waals surface area contributed by atoms with Gasteiger partial charge in [-0.25, -0.2) is 0 Å². The molecule has 0 fully saturated rings. The molecule has 3 aliphatic carbocycles. The van der Waals surface area contributed by atoms with Crippen LogP contribution in [0.25, 0.3) is 21.5 Å². The fourth-order valence-corrected chi connectivity index (χ4v) is 6.99. The zero-order valence-electron chi connectivity index (χ0n) is 16.1. The van der Waals surface area contributed by atoms with Crippen molar-refractivity contribution in [1.82, 2.24) is 0 Å². The van der Waals surface area contributed by atoms with Gasteiger partial charge in [0.2, 0.25) is 0 Å². The van der Waals surface area contributed by atoms with Crippen LogP contribution in [0.1, 0.15) is 36.1 Å². The summed E-state index contributed by atoms with van der Waals surface area (Å²) in [4.78, 5) is 0. The van der Waals surface area contributed by atoms with Crippen molar-refractivity contribution < 1.29 is 0 Å². The van der Waals surface area contributed by atoms with Gasteiger partial charge in [-0.2, -0.15) is 0 Å². The van der Waals surface area contributed by atoms with E-state index in [1.807, 2.05) is 0 Å². The van der Waals surface area contributed by atoms with E-state index >= 15 is 0 Å². The van der Waals surface area contributed by atoms with E-state index in [0.717, 1.165) is 0 Å². The molecule has 3 aliphatic rings. The highest BCUT2D eigenvalue weighted by atomic mass is 14.7. The topological polar surface area (TPSA) is 0 Å². The van der Waals surface area contributed by atoms with E-state index < -0.39 is 0 Å². The predicted molar refractivity (Wildman–Crippen MR) is 117 cm³/mol. The molecule has 0 N–H and O–H groups in total. The third-order valence-electron chi connectivity index (χ3n) is 7.61. The molecular formula is C28H20. The zero-order chi connectivity index (χ0) is 18.7. The minimum atomic E-state index is -0.141. The summed E-state index contributed by atoms with van der Waals surface area (Å²) in [5.74, 6) is 0. The van der Waals surface area contributed by atoms with Crippen molar-refractivity contribution in [2.24, 2.45) is 0 Å². The maximum absolute atomic E-state index is 2.58. The summed E-state index contributed by atoms with van der Waals surface area (Å²) in [6.07, 6.45) is 4.94. The van der Waals surface area contributed by atoms with Crippen LogP contribution in [0.2, 0.25) is 0 Å². The van der Waals surface area contributed by atoms with Crippen molar-refractivity contribution in [1.29, 1.82) is 0 Å². The first-order valence-corrected chi connectivity index (χ1v) is 10.2. The van der Waals surface area contributed by atoms with Gasteiger partial charge in [0, 0.05) is 0 Å². The molecule has 4 aromatic rings. The fourth-order valence-electron chi connectivity index (χ4n) is 6.99. The van der Waals surface area contributed by atoms with Gasteiger partial charge in [0.05, 0.1) is 10.8 Å². The number of hydrogen-bond donors (Lipinski definition) is 0. The first-order valence-electron chi connectivity index (χ1n) is 10.2. The van der Waals surface area contributed by atoms with Crippen LogP contribution < -0.4 is 0 Å². The Morgan fingerprint density at radius 3 is 1.57 bits per heavy atom. The molecule has 4 aromatic carbocycles. The molecule has 0 nitrogen and oxygen atoms in total. The molecule has 0 bridgehead atoms. The van der Waals surface area contributed by atoms with Gasteiger partial charge >= 0.3 is 0 Å². The van der Waals surface area contributed by atoms with E-state index in [1.54, 1.807) is 0 Å². The Morgan fingerprint density at radius 2 is 1.11 bits per heavy atom. The largest absolute Gasteiger partial charge is 0.0829 e. The van der Waals surface area contributed by atoms with Crippen LogP contribution >= 0.6 is 0 Å². The van der Waals surface area contributed by atoms with Crippen LogP contribution in [0.5, 0.6) is 0 Å². The van der Waals surface area contributed by atoms with Gasteiger partial charge < -0.3 is 0 Å². The van der Waals surface area contributed by atoms with Crippen molar-refractivity contribution >= 4 is 21.5 Å². The van der Waals surface area contributed by atoms with Crippen molar-refractivity contribution in [2.45, 2.75) is 24.7 Å². The van der Waals surface area contributed by atoms with Crippen LogP contribution in [-0.4, -0.2) is 0 Å². The van der Waals surface area contributed by atoms with Crippen molar-refractivity contribution in [3.63, 3.8) is 0 Å². The summed E-state index contributed by atoms with van der Waals surface area (Å²) >= 11 is 0. The van der Waals surface area contributed by atoms with Gasteiger partial charge in [0.25, 0.3) is 0 Å². The third-order valence-corrected chi connectivity index (χ3v) is 7.61. The average molecular weight is 356 g/mol. The minimum Gasteiger partial charge on any atom is -0.0829 e. The highest BCUT2D eigenvalue weighted by molar-refractivity contribution is 6.07. The number of hydrogen-bond acceptors (Lipinski definition) is 0. The molecule has 0 aromatic heterocycles. The summed E-state index contributed by atoms with van der Waals surface area (Å²) < 4.78 is 0. The summed E-state index contributed by atoms with van der Waals surface area (Å²) in [6, 6.07) is 27.6. The van der Waals surface area contributed by atoms with Crippen LogP contribution in [0.4, 0.5) is 0 Å². The molecule has 0 amide bonds. The Labute approximate surface area is 164 Å². The van der Waals surface area contributed by atoms with Gasteiger partial charge in [-0.3, -0.25) is 0 Å². The van der Waals surface area contributed by atoms with Gasteiger partial charge in [0.15, 0.2) is 0 Å². The van der Waals surface area contributed by atoms with Crippen LogP contribution in [0, 0.1) is 0 Å². The molecule has 0 saturated carbocycles. The number of benzene rings is 4. The maximum Gasteiger partial charge on any atom is 0.0635 e. The standard InChI is InChI=1S/C28H20/c1-3-20-17(2)16-27-21-12-4-8-18-10-6-14-23(25(18)21)28(20,27)24-15-7-11-19-9-5-13-22(27)26(19)24/h3-16H,1-2H3/b20-3+. The monoisotopic (exact) mass is 356 g/mol. The highest BCUT2D eigenvalue weighted by Crippen LogP contribution is 2.73. The van der Waals surface area contributed by atoms with Gasteiger partial charge in [0.1, 0.15) is 0 Å². The quantitative estimate of drug-likeness (QED) is 0.325. The minimum absolute atomic E-state index is 0.134. The molecule has 0 spiro atoms. The van der Waals surface area contributed by atoms with Gasteiger partial charge in [-0.05, 0) is 68.8 Å². The SMILES string of the molecule is C/C=C1\C(C)=CC23c4cccc5cccc(c45)C12c1cccc2cccc3c12. The third kappa shape index (κ3) is 1.22. The normalized spacial score (nSPS) is 27.5. The fraction of sp³-hybridized carbons (Fsp3) is 0.143. The predicted octanol–water partition coefficient (Wildman–Crippen LogP) is 6.80. The van der Waals surface area contributed by atoms with E-state index in [2.05, 4.69) is 98.8 Å². The number of allylic oxidation sites excluding steroid dienone is 4. The van der Waals surface area contributed by atoms with Gasteiger partial charge in [-0.15, -0.1) is 0 Å². The number of rotatable bonds is 0. The molecule has 0 unspecified atom stereocenters. The molecule has 0 aliphatic heterocycles. The Balaban J connectivity index is 1.84. The summed E-state index contributed by atoms with van der Waals surface area (Å²) in [7, 11) is 0. The lowest BCUT2D eigenvalue weighted by atomic mass is 9.60. The molecule has 0 atom stereocenters. The van der Waals surface area contributed by atoms with Gasteiger partial charge in [-0.1, -0.05) is 84.9 Å². The average Bonchev–Trinajstić information content (AvgIpc) is 3.24. The second-order valence-corrected chi connectivity index (χ2v) is 8.51. The molecule has 0 radical (unpaired) electrons. The smallest absolute Gasteiger partial charge is 0.0635 e. The second kappa shape index (κ2) is 4.47. The van der Waals surface area contributed by atoms with Crippen molar-refractivity contribution in [3.05, 3.63) is 118 Å². The highest BCUT2D eigenvalue weighted by Gasteiger charge is 2.67. The molecular weight excluding hydrogens is 336 g/mol. The summed E-state index contributed by atoms with van der Waals surface area (Å²) in [6.45, 7) is 4.51. The summed E-state index contributed by atoms with van der Waals surface area (Å²) in [5.41, 5.74) is 8.52. The molecule has 132 valence electrons. The van der Waals surface area contributed by atoms with E-state index in [-0.39, 0.29) is 10.8 Å². The summed E-state index contributed by atoms with van der Waals surface area (Å²) in [5, 5.41) is 5.63. The van der Waals surface area contributed by atoms with E-state index in [9.17, 15) is 0 Å². The molecule has 7 rings (SSSR count). The Morgan fingerprint density at radius 1 is 0.643 bits per heavy atom.